The Morgan fingerprint density at radius 1 is 1.17 bits per heavy atom. The molecule has 0 fully saturated rings. The highest BCUT2D eigenvalue weighted by Crippen LogP contribution is 2.22. The number of sulfone groups is 1. The van der Waals surface area contributed by atoms with Crippen LogP contribution in [0, 0.1) is 13.8 Å². The molecule has 0 aliphatic rings. The number of benzene rings is 1. The first kappa shape index (κ1) is 18.2. The highest BCUT2D eigenvalue weighted by molar-refractivity contribution is 7.92. The van der Waals surface area contributed by atoms with Crippen molar-refractivity contribution in [2.75, 3.05) is 6.26 Å². The first-order valence-corrected chi connectivity index (χ1v) is 9.76. The fraction of sp³-hybridized carbons (Fsp3) is 0.250. The van der Waals surface area contributed by atoms with Gasteiger partial charge in [0.15, 0.2) is 15.9 Å². The van der Waals surface area contributed by atoms with Crippen LogP contribution in [-0.4, -0.2) is 31.7 Å². The van der Waals surface area contributed by atoms with Crippen LogP contribution in [-0.2, 0) is 14.6 Å². The van der Waals surface area contributed by atoms with Gasteiger partial charge in [-0.1, -0.05) is 18.2 Å². The first-order valence-electron chi connectivity index (χ1n) is 6.99. The van der Waals surface area contributed by atoms with Crippen LogP contribution in [0.3, 0.4) is 0 Å². The molecule has 2 aromatic rings. The zero-order valence-corrected chi connectivity index (χ0v) is 15.0. The summed E-state index contributed by atoms with van der Waals surface area (Å²) in [5.74, 6) is -1.82. The molecule has 1 atom stereocenters. The number of carboxylic acids is 1. The Hall–Kier alpha value is -2.19. The zero-order valence-electron chi connectivity index (χ0n) is 13.4. The number of carboxylic acid groups (broad SMARTS) is 1. The number of nitrogens with one attached hydrogen (secondary N) is 1. The number of aliphatic carboxylic acids is 1. The van der Waals surface area contributed by atoms with Gasteiger partial charge in [-0.2, -0.15) is 0 Å². The molecular formula is C16H17NO5S2. The Morgan fingerprint density at radius 2 is 1.83 bits per heavy atom. The molecule has 1 unspecified atom stereocenters. The summed E-state index contributed by atoms with van der Waals surface area (Å²) in [5.41, 5.74) is 2.51. The highest BCUT2D eigenvalue weighted by atomic mass is 32.2. The minimum absolute atomic E-state index is 0.0608. The summed E-state index contributed by atoms with van der Waals surface area (Å²) in [6, 6.07) is 5.19. The number of amides is 1. The van der Waals surface area contributed by atoms with Gasteiger partial charge in [-0.15, -0.1) is 11.3 Å². The number of carbonyl (C=O) groups excluding carboxylic acids is 1. The van der Waals surface area contributed by atoms with E-state index in [1.54, 1.807) is 18.2 Å². The molecular weight excluding hydrogens is 350 g/mol. The van der Waals surface area contributed by atoms with Crippen molar-refractivity contribution < 1.29 is 23.1 Å². The van der Waals surface area contributed by atoms with Crippen molar-refractivity contribution in [2.45, 2.75) is 24.1 Å². The quantitative estimate of drug-likeness (QED) is 0.845. The van der Waals surface area contributed by atoms with E-state index in [0.29, 0.717) is 5.56 Å². The first-order chi connectivity index (χ1) is 11.1. The molecule has 128 valence electrons. The molecule has 0 spiro atoms. The summed E-state index contributed by atoms with van der Waals surface area (Å²) >= 11 is 0.924. The fourth-order valence-electron chi connectivity index (χ4n) is 2.08. The molecule has 2 N–H and O–H groups in total. The SMILES string of the molecule is Cc1ccc(C(NC(=O)c2csc(S(C)(=O)=O)c2)C(=O)O)cc1C. The maximum Gasteiger partial charge on any atom is 0.330 e. The summed E-state index contributed by atoms with van der Waals surface area (Å²) in [4.78, 5) is 23.8. The summed E-state index contributed by atoms with van der Waals surface area (Å²) < 4.78 is 23.0. The third-order valence-electron chi connectivity index (χ3n) is 3.59. The van der Waals surface area contributed by atoms with E-state index in [1.807, 2.05) is 13.8 Å². The van der Waals surface area contributed by atoms with Crippen molar-refractivity contribution >= 4 is 33.1 Å². The van der Waals surface area contributed by atoms with E-state index in [1.165, 1.54) is 11.4 Å². The van der Waals surface area contributed by atoms with Crippen LogP contribution < -0.4 is 5.32 Å². The van der Waals surface area contributed by atoms with Gasteiger partial charge < -0.3 is 10.4 Å². The van der Waals surface area contributed by atoms with E-state index in [2.05, 4.69) is 5.32 Å². The lowest BCUT2D eigenvalue weighted by atomic mass is 10.0. The number of thiophene rings is 1. The monoisotopic (exact) mass is 367 g/mol. The molecule has 8 heteroatoms. The molecule has 1 aromatic heterocycles. The number of rotatable bonds is 5. The summed E-state index contributed by atoms with van der Waals surface area (Å²) in [6.45, 7) is 3.77. The van der Waals surface area contributed by atoms with Gasteiger partial charge in [0, 0.05) is 11.6 Å². The van der Waals surface area contributed by atoms with Crippen LogP contribution in [0.15, 0.2) is 33.9 Å². The van der Waals surface area contributed by atoms with Gasteiger partial charge >= 0.3 is 5.97 Å². The second-order valence-corrected chi connectivity index (χ2v) is 8.67. The smallest absolute Gasteiger partial charge is 0.330 e. The topological polar surface area (TPSA) is 101 Å². The molecule has 0 saturated carbocycles. The highest BCUT2D eigenvalue weighted by Gasteiger charge is 2.24. The van der Waals surface area contributed by atoms with Gasteiger partial charge in [0.1, 0.15) is 4.21 Å². The van der Waals surface area contributed by atoms with Crippen molar-refractivity contribution in [1.29, 1.82) is 0 Å². The van der Waals surface area contributed by atoms with E-state index in [9.17, 15) is 23.1 Å². The standard InChI is InChI=1S/C16H17NO5S2/c1-9-4-5-11(6-10(9)2)14(16(19)20)17-15(18)12-7-13(23-8-12)24(3,21)22/h4-8,14H,1-3H3,(H,17,18)(H,19,20). The molecule has 1 heterocycles. The Balaban J connectivity index is 2.27. The molecule has 24 heavy (non-hydrogen) atoms. The second-order valence-electron chi connectivity index (χ2n) is 5.51. The van der Waals surface area contributed by atoms with Crippen LogP contribution in [0.25, 0.3) is 0 Å². The summed E-state index contributed by atoms with van der Waals surface area (Å²) in [5, 5.41) is 13.2. The van der Waals surface area contributed by atoms with Gasteiger partial charge in [0.25, 0.3) is 5.91 Å². The molecule has 0 radical (unpaired) electrons. The van der Waals surface area contributed by atoms with Crippen molar-refractivity contribution in [1.82, 2.24) is 5.32 Å². The van der Waals surface area contributed by atoms with Crippen LogP contribution in [0.1, 0.15) is 33.1 Å². The molecule has 0 saturated heterocycles. The molecule has 0 aliphatic carbocycles. The molecule has 0 bridgehead atoms. The van der Waals surface area contributed by atoms with E-state index in [4.69, 9.17) is 0 Å². The lowest BCUT2D eigenvalue weighted by Crippen LogP contribution is -2.33. The average molecular weight is 367 g/mol. The average Bonchev–Trinajstić information content (AvgIpc) is 2.97. The summed E-state index contributed by atoms with van der Waals surface area (Å²) in [7, 11) is -3.40. The van der Waals surface area contributed by atoms with Gasteiger partial charge in [0.2, 0.25) is 0 Å². The van der Waals surface area contributed by atoms with E-state index < -0.39 is 27.8 Å². The van der Waals surface area contributed by atoms with Gasteiger partial charge in [-0.05, 0) is 36.6 Å². The van der Waals surface area contributed by atoms with Crippen LogP contribution in [0.4, 0.5) is 0 Å². The second kappa shape index (κ2) is 6.74. The van der Waals surface area contributed by atoms with E-state index >= 15 is 0 Å². The van der Waals surface area contributed by atoms with Crippen molar-refractivity contribution in [3.8, 4) is 0 Å². The lowest BCUT2D eigenvalue weighted by molar-refractivity contribution is -0.139. The number of carbonyl (C=O) groups is 2. The maximum absolute atomic E-state index is 12.3. The van der Waals surface area contributed by atoms with Gasteiger partial charge in [-0.25, -0.2) is 13.2 Å². The van der Waals surface area contributed by atoms with Crippen molar-refractivity contribution in [3.05, 3.63) is 51.9 Å². The normalized spacial score (nSPS) is 12.6. The number of aryl methyl sites for hydroxylation is 2. The molecule has 2 rings (SSSR count). The van der Waals surface area contributed by atoms with Gasteiger partial charge in [0.05, 0.1) is 5.56 Å². The van der Waals surface area contributed by atoms with Crippen LogP contribution >= 0.6 is 11.3 Å². The third kappa shape index (κ3) is 4.01. The Labute approximate surface area is 144 Å². The molecule has 6 nitrogen and oxygen atoms in total. The minimum atomic E-state index is -3.40. The Kier molecular flexibility index (Phi) is 5.10. The van der Waals surface area contributed by atoms with Crippen LogP contribution in [0.2, 0.25) is 0 Å². The minimum Gasteiger partial charge on any atom is -0.479 e. The van der Waals surface area contributed by atoms with E-state index in [0.717, 1.165) is 28.7 Å². The molecule has 1 aromatic carbocycles. The summed E-state index contributed by atoms with van der Waals surface area (Å²) in [6.07, 6.45) is 1.05. The molecule has 0 aliphatic heterocycles. The number of hydrogen-bond donors (Lipinski definition) is 2. The van der Waals surface area contributed by atoms with Crippen molar-refractivity contribution in [3.63, 3.8) is 0 Å². The predicted octanol–water partition coefficient (Wildman–Crippen LogP) is 2.32. The largest absolute Gasteiger partial charge is 0.479 e. The zero-order chi connectivity index (χ0) is 18.1. The Morgan fingerprint density at radius 3 is 2.33 bits per heavy atom. The fourth-order valence-corrected chi connectivity index (χ4v) is 3.87. The van der Waals surface area contributed by atoms with Crippen molar-refractivity contribution in [2.24, 2.45) is 0 Å². The Bertz CT molecular complexity index is 899. The predicted molar refractivity (Wildman–Crippen MR) is 91.2 cm³/mol. The van der Waals surface area contributed by atoms with Gasteiger partial charge in [-0.3, -0.25) is 4.79 Å². The van der Waals surface area contributed by atoms with Crippen LogP contribution in [0.5, 0.6) is 0 Å². The molecule has 1 amide bonds. The third-order valence-corrected chi connectivity index (χ3v) is 6.36. The lowest BCUT2D eigenvalue weighted by Gasteiger charge is -2.15. The maximum atomic E-state index is 12.3. The number of hydrogen-bond acceptors (Lipinski definition) is 5. The van der Waals surface area contributed by atoms with E-state index in [-0.39, 0.29) is 9.77 Å².